The molecule has 0 fully saturated rings. The molecule has 7 heteroatoms. The summed E-state index contributed by atoms with van der Waals surface area (Å²) < 4.78 is 43.3. The number of alkyl halides is 3. The fourth-order valence-electron chi connectivity index (χ4n) is 2.19. The summed E-state index contributed by atoms with van der Waals surface area (Å²) in [5.74, 6) is 0.357. The number of amides is 1. The van der Waals surface area contributed by atoms with Crippen LogP contribution in [0.3, 0.4) is 0 Å². The molecule has 134 valence electrons. The van der Waals surface area contributed by atoms with Gasteiger partial charge in [-0.1, -0.05) is 18.2 Å². The van der Waals surface area contributed by atoms with Gasteiger partial charge in [0, 0.05) is 11.3 Å². The van der Waals surface area contributed by atoms with Crippen molar-refractivity contribution in [2.24, 2.45) is 0 Å². The van der Waals surface area contributed by atoms with Crippen LogP contribution in [0.1, 0.15) is 20.8 Å². The molecule has 3 nitrogen and oxygen atoms in total. The lowest BCUT2D eigenvalue weighted by Gasteiger charge is -2.08. The Bertz CT molecular complexity index is 874. The summed E-state index contributed by atoms with van der Waals surface area (Å²) in [5, 5.41) is 4.40. The summed E-state index contributed by atoms with van der Waals surface area (Å²) in [6, 6.07) is 15.3. The Morgan fingerprint density at radius 3 is 2.38 bits per heavy atom. The highest BCUT2D eigenvalue weighted by Crippen LogP contribution is 2.30. The first kappa shape index (κ1) is 18.0. The highest BCUT2D eigenvalue weighted by molar-refractivity contribution is 7.12. The van der Waals surface area contributed by atoms with Crippen molar-refractivity contribution < 1.29 is 22.7 Å². The van der Waals surface area contributed by atoms with E-state index in [0.717, 1.165) is 23.4 Å². The molecule has 0 unspecified atom stereocenters. The van der Waals surface area contributed by atoms with E-state index in [1.54, 1.807) is 6.07 Å². The molecule has 0 radical (unpaired) electrons. The Morgan fingerprint density at radius 1 is 1.04 bits per heavy atom. The molecule has 1 N–H and O–H groups in total. The van der Waals surface area contributed by atoms with Crippen LogP contribution >= 0.6 is 11.3 Å². The number of hydrogen-bond donors (Lipinski definition) is 1. The van der Waals surface area contributed by atoms with E-state index in [1.165, 1.54) is 23.5 Å². The van der Waals surface area contributed by atoms with Crippen LogP contribution in [0.15, 0.2) is 66.0 Å². The van der Waals surface area contributed by atoms with Crippen LogP contribution in [0.4, 0.5) is 18.9 Å². The number of halogens is 3. The topological polar surface area (TPSA) is 38.3 Å². The normalized spacial score (nSPS) is 11.2. The number of carbonyl (C=O) groups is 1. The molecule has 2 aromatic carbocycles. The van der Waals surface area contributed by atoms with Gasteiger partial charge in [-0.3, -0.25) is 4.79 Å². The fraction of sp³-hybridized carbons (Fsp3) is 0.105. The highest BCUT2D eigenvalue weighted by Gasteiger charge is 2.30. The second-order valence-corrected chi connectivity index (χ2v) is 6.36. The Labute approximate surface area is 152 Å². The van der Waals surface area contributed by atoms with Gasteiger partial charge in [0.1, 0.15) is 12.4 Å². The first-order valence-corrected chi connectivity index (χ1v) is 8.53. The molecule has 0 aliphatic rings. The van der Waals surface area contributed by atoms with Crippen molar-refractivity contribution in [2.75, 3.05) is 5.32 Å². The number of anilines is 1. The first-order valence-electron chi connectivity index (χ1n) is 7.66. The molecule has 1 aromatic heterocycles. The third kappa shape index (κ3) is 4.64. The van der Waals surface area contributed by atoms with E-state index in [2.05, 4.69) is 5.32 Å². The van der Waals surface area contributed by atoms with Crippen molar-refractivity contribution >= 4 is 22.9 Å². The zero-order valence-corrected chi connectivity index (χ0v) is 14.2. The second-order valence-electron chi connectivity index (χ2n) is 5.45. The first-order chi connectivity index (χ1) is 12.4. The van der Waals surface area contributed by atoms with E-state index in [-0.39, 0.29) is 5.91 Å². The van der Waals surface area contributed by atoms with Gasteiger partial charge in [-0.15, -0.1) is 11.3 Å². The molecule has 0 atom stereocenters. The van der Waals surface area contributed by atoms with Crippen molar-refractivity contribution in [3.05, 3.63) is 82.0 Å². The maximum Gasteiger partial charge on any atom is 0.416 e. The third-order valence-electron chi connectivity index (χ3n) is 3.50. The third-order valence-corrected chi connectivity index (χ3v) is 4.47. The Hall–Kier alpha value is -2.80. The molecular weight excluding hydrogens is 363 g/mol. The van der Waals surface area contributed by atoms with Crippen LogP contribution in [0, 0.1) is 0 Å². The molecule has 0 saturated carbocycles. The van der Waals surface area contributed by atoms with E-state index in [0.29, 0.717) is 17.2 Å². The van der Waals surface area contributed by atoms with Gasteiger partial charge in [-0.05, 0) is 47.8 Å². The Kier molecular flexibility index (Phi) is 5.27. The van der Waals surface area contributed by atoms with Gasteiger partial charge in [-0.25, -0.2) is 0 Å². The van der Waals surface area contributed by atoms with Crippen LogP contribution in [-0.2, 0) is 12.8 Å². The largest absolute Gasteiger partial charge is 0.489 e. The number of para-hydroxylation sites is 1. The molecule has 0 spiro atoms. The number of hydrogen-bond acceptors (Lipinski definition) is 3. The van der Waals surface area contributed by atoms with Crippen LogP contribution in [0.2, 0.25) is 0 Å². The molecule has 1 amide bonds. The summed E-state index contributed by atoms with van der Waals surface area (Å²) in [4.78, 5) is 12.7. The van der Waals surface area contributed by atoms with E-state index < -0.39 is 11.7 Å². The van der Waals surface area contributed by atoms with Gasteiger partial charge in [0.25, 0.3) is 5.91 Å². The van der Waals surface area contributed by atoms with Crippen molar-refractivity contribution in [3.8, 4) is 5.75 Å². The molecule has 1 heterocycles. The summed E-state index contributed by atoms with van der Waals surface area (Å²) in [5.41, 5.74) is 0.391. The van der Waals surface area contributed by atoms with Gasteiger partial charge >= 0.3 is 6.18 Å². The molecule has 26 heavy (non-hydrogen) atoms. The quantitative estimate of drug-likeness (QED) is 0.629. The second kappa shape index (κ2) is 7.61. The van der Waals surface area contributed by atoms with E-state index in [9.17, 15) is 18.0 Å². The zero-order valence-electron chi connectivity index (χ0n) is 13.4. The van der Waals surface area contributed by atoms with Gasteiger partial charge in [0.05, 0.1) is 10.4 Å². The minimum absolute atomic E-state index is 0.304. The van der Waals surface area contributed by atoms with Crippen LogP contribution in [0.5, 0.6) is 5.75 Å². The summed E-state index contributed by atoms with van der Waals surface area (Å²) in [6.45, 7) is 0.327. The van der Waals surface area contributed by atoms with Crippen LogP contribution in [-0.4, -0.2) is 5.91 Å². The molecule has 3 aromatic rings. The predicted molar refractivity (Wildman–Crippen MR) is 94.5 cm³/mol. The van der Waals surface area contributed by atoms with E-state index in [1.807, 2.05) is 35.7 Å². The minimum atomic E-state index is -4.40. The standard InChI is InChI=1S/C19H14F3NO2S/c20-19(21,22)14-6-8-15(9-7-14)23-18(24)17-10-13(12-26-17)11-25-16-4-2-1-3-5-16/h1-10,12H,11H2,(H,23,24). The lowest BCUT2D eigenvalue weighted by atomic mass is 10.2. The van der Waals surface area contributed by atoms with Crippen molar-refractivity contribution in [2.45, 2.75) is 12.8 Å². The maximum atomic E-state index is 12.5. The molecule has 0 saturated heterocycles. The van der Waals surface area contributed by atoms with Crippen molar-refractivity contribution in [1.29, 1.82) is 0 Å². The lowest BCUT2D eigenvalue weighted by Crippen LogP contribution is -2.11. The van der Waals surface area contributed by atoms with Gasteiger partial charge in [-0.2, -0.15) is 13.2 Å². The number of nitrogens with one attached hydrogen (secondary N) is 1. The Balaban J connectivity index is 1.59. The number of rotatable bonds is 5. The average Bonchev–Trinajstić information content (AvgIpc) is 3.10. The van der Waals surface area contributed by atoms with E-state index >= 15 is 0 Å². The zero-order chi connectivity index (χ0) is 18.6. The van der Waals surface area contributed by atoms with Gasteiger partial charge in [0.2, 0.25) is 0 Å². The minimum Gasteiger partial charge on any atom is -0.489 e. The monoisotopic (exact) mass is 377 g/mol. The summed E-state index contributed by atoms with van der Waals surface area (Å²) >= 11 is 1.25. The Morgan fingerprint density at radius 2 is 1.73 bits per heavy atom. The average molecular weight is 377 g/mol. The molecule has 0 aliphatic heterocycles. The van der Waals surface area contributed by atoms with E-state index in [4.69, 9.17) is 4.74 Å². The lowest BCUT2D eigenvalue weighted by molar-refractivity contribution is -0.137. The molecule has 3 rings (SSSR count). The molecular formula is C19H14F3NO2S. The smallest absolute Gasteiger partial charge is 0.416 e. The SMILES string of the molecule is O=C(Nc1ccc(C(F)(F)F)cc1)c1cc(COc2ccccc2)cs1. The summed E-state index contributed by atoms with van der Waals surface area (Å²) in [6.07, 6.45) is -4.40. The highest BCUT2D eigenvalue weighted by atomic mass is 32.1. The number of ether oxygens (including phenoxy) is 1. The molecule has 0 bridgehead atoms. The maximum absolute atomic E-state index is 12.5. The fourth-order valence-corrected chi connectivity index (χ4v) is 2.98. The number of benzene rings is 2. The summed E-state index contributed by atoms with van der Waals surface area (Å²) in [7, 11) is 0. The molecule has 0 aliphatic carbocycles. The van der Waals surface area contributed by atoms with Gasteiger partial charge < -0.3 is 10.1 Å². The van der Waals surface area contributed by atoms with Crippen molar-refractivity contribution in [3.63, 3.8) is 0 Å². The number of carbonyl (C=O) groups excluding carboxylic acids is 1. The van der Waals surface area contributed by atoms with Crippen LogP contribution in [0.25, 0.3) is 0 Å². The number of thiophene rings is 1. The van der Waals surface area contributed by atoms with Crippen LogP contribution < -0.4 is 10.1 Å². The van der Waals surface area contributed by atoms with Gasteiger partial charge in [0.15, 0.2) is 0 Å². The predicted octanol–water partition coefficient (Wildman–Crippen LogP) is 5.60. The van der Waals surface area contributed by atoms with Crippen molar-refractivity contribution in [1.82, 2.24) is 0 Å².